The van der Waals surface area contributed by atoms with Crippen molar-refractivity contribution in [3.05, 3.63) is 41.5 Å². The van der Waals surface area contributed by atoms with Crippen molar-refractivity contribution in [3.8, 4) is 28.7 Å². The lowest BCUT2D eigenvalue weighted by Crippen LogP contribution is -2.36. The third-order valence-electron chi connectivity index (χ3n) is 4.13. The van der Waals surface area contributed by atoms with Gasteiger partial charge in [0.25, 0.3) is 0 Å². The molecule has 2 aromatic rings. The monoisotopic (exact) mass is 390 g/mol. The van der Waals surface area contributed by atoms with Gasteiger partial charge in [-0.2, -0.15) is 0 Å². The van der Waals surface area contributed by atoms with Crippen LogP contribution in [0.3, 0.4) is 0 Å². The molecule has 0 radical (unpaired) electrons. The molecule has 0 bridgehead atoms. The predicted molar refractivity (Wildman–Crippen MR) is 97.7 cm³/mol. The molecule has 0 fully saturated rings. The number of rotatable bonds is 2. The van der Waals surface area contributed by atoms with Gasteiger partial charge in [-0.25, -0.2) is 4.79 Å². The summed E-state index contributed by atoms with van der Waals surface area (Å²) in [5, 5.41) is 39.2. The SMILES string of the molecule is CC(C)(C)OC(=O)OC1Cc2c(O)cc(O)cc2OC1c1ccc(O)c(O)c1. The van der Waals surface area contributed by atoms with E-state index in [9.17, 15) is 25.2 Å². The number of aromatic hydroxyl groups is 4. The van der Waals surface area contributed by atoms with E-state index in [4.69, 9.17) is 14.2 Å². The van der Waals surface area contributed by atoms with Crippen molar-refractivity contribution in [2.24, 2.45) is 0 Å². The molecule has 2 atom stereocenters. The standard InChI is InChI=1S/C20H22O8/c1-20(2,3)28-19(25)27-17-9-12-14(23)7-11(21)8-16(12)26-18(17)10-4-5-13(22)15(24)6-10/h4-8,17-18,21-24H,9H2,1-3H3. The molecular formula is C20H22O8. The number of phenolic OH excluding ortho intramolecular Hbond substituents is 4. The van der Waals surface area contributed by atoms with Crippen LogP contribution in [-0.2, 0) is 15.9 Å². The summed E-state index contributed by atoms with van der Waals surface area (Å²) in [6.07, 6.45) is -2.57. The minimum Gasteiger partial charge on any atom is -0.508 e. The van der Waals surface area contributed by atoms with Crippen LogP contribution in [0.1, 0.15) is 38.0 Å². The van der Waals surface area contributed by atoms with Crippen LogP contribution in [0, 0.1) is 0 Å². The number of phenols is 4. The molecule has 4 N–H and O–H groups in total. The number of carbonyl (C=O) groups excluding carboxylic acids is 1. The number of hydrogen-bond donors (Lipinski definition) is 4. The normalized spacial score (nSPS) is 18.7. The van der Waals surface area contributed by atoms with E-state index >= 15 is 0 Å². The second kappa shape index (κ2) is 7.03. The molecule has 0 spiro atoms. The zero-order chi connectivity index (χ0) is 20.6. The van der Waals surface area contributed by atoms with E-state index in [0.29, 0.717) is 11.1 Å². The molecule has 2 aromatic carbocycles. The number of carbonyl (C=O) groups is 1. The Morgan fingerprint density at radius 1 is 1.04 bits per heavy atom. The van der Waals surface area contributed by atoms with Gasteiger partial charge in [-0.15, -0.1) is 0 Å². The van der Waals surface area contributed by atoms with Crippen LogP contribution in [0.4, 0.5) is 4.79 Å². The molecule has 0 aliphatic carbocycles. The fourth-order valence-electron chi connectivity index (χ4n) is 2.95. The van der Waals surface area contributed by atoms with E-state index in [1.165, 1.54) is 30.3 Å². The van der Waals surface area contributed by atoms with Crippen LogP contribution in [0.25, 0.3) is 0 Å². The predicted octanol–water partition coefficient (Wildman–Crippen LogP) is 3.51. The molecule has 1 aliphatic heterocycles. The number of benzene rings is 2. The molecule has 150 valence electrons. The van der Waals surface area contributed by atoms with E-state index < -0.39 is 24.0 Å². The van der Waals surface area contributed by atoms with Crippen molar-refractivity contribution in [1.29, 1.82) is 0 Å². The zero-order valence-electron chi connectivity index (χ0n) is 15.7. The lowest BCUT2D eigenvalue weighted by atomic mass is 9.93. The highest BCUT2D eigenvalue weighted by Crippen LogP contribution is 2.43. The highest BCUT2D eigenvalue weighted by Gasteiger charge is 2.37. The van der Waals surface area contributed by atoms with Gasteiger partial charge < -0.3 is 34.6 Å². The summed E-state index contributed by atoms with van der Waals surface area (Å²) in [6, 6.07) is 6.59. The molecule has 8 nitrogen and oxygen atoms in total. The van der Waals surface area contributed by atoms with Gasteiger partial charge >= 0.3 is 6.16 Å². The van der Waals surface area contributed by atoms with Crippen molar-refractivity contribution < 1.29 is 39.4 Å². The maximum Gasteiger partial charge on any atom is 0.509 e. The molecular weight excluding hydrogens is 368 g/mol. The third-order valence-corrected chi connectivity index (χ3v) is 4.13. The Balaban J connectivity index is 1.97. The van der Waals surface area contributed by atoms with Crippen molar-refractivity contribution in [1.82, 2.24) is 0 Å². The molecule has 28 heavy (non-hydrogen) atoms. The lowest BCUT2D eigenvalue weighted by molar-refractivity contribution is -0.0597. The molecule has 3 rings (SSSR count). The summed E-state index contributed by atoms with van der Waals surface area (Å²) in [7, 11) is 0. The van der Waals surface area contributed by atoms with Gasteiger partial charge in [0.05, 0.1) is 0 Å². The van der Waals surface area contributed by atoms with Crippen LogP contribution in [0.5, 0.6) is 28.7 Å². The minimum atomic E-state index is -0.907. The summed E-state index contributed by atoms with van der Waals surface area (Å²) < 4.78 is 16.5. The number of hydrogen-bond acceptors (Lipinski definition) is 8. The zero-order valence-corrected chi connectivity index (χ0v) is 15.7. The summed E-state index contributed by atoms with van der Waals surface area (Å²) in [5.41, 5.74) is 0.0352. The Morgan fingerprint density at radius 2 is 1.75 bits per heavy atom. The molecule has 0 amide bonds. The summed E-state index contributed by atoms with van der Waals surface area (Å²) >= 11 is 0. The average Bonchev–Trinajstić information content (AvgIpc) is 2.55. The number of ether oxygens (including phenoxy) is 3. The van der Waals surface area contributed by atoms with E-state index in [0.717, 1.165) is 0 Å². The third kappa shape index (κ3) is 4.16. The molecule has 8 heteroatoms. The van der Waals surface area contributed by atoms with Crippen molar-refractivity contribution >= 4 is 6.16 Å². The van der Waals surface area contributed by atoms with E-state index in [1.54, 1.807) is 20.8 Å². The van der Waals surface area contributed by atoms with Crippen LogP contribution in [0.15, 0.2) is 30.3 Å². The molecule has 1 aliphatic rings. The molecule has 1 heterocycles. The highest BCUT2D eigenvalue weighted by molar-refractivity contribution is 5.61. The summed E-state index contributed by atoms with van der Waals surface area (Å²) in [5.74, 6) is -0.824. The van der Waals surface area contributed by atoms with Gasteiger partial charge in [-0.3, -0.25) is 0 Å². The van der Waals surface area contributed by atoms with Gasteiger partial charge in [0.15, 0.2) is 23.7 Å². The fraction of sp³-hybridized carbons (Fsp3) is 0.350. The Bertz CT molecular complexity index is 900. The lowest BCUT2D eigenvalue weighted by Gasteiger charge is -2.34. The maximum atomic E-state index is 12.2. The minimum absolute atomic E-state index is 0.0903. The van der Waals surface area contributed by atoms with Gasteiger partial charge in [0, 0.05) is 29.7 Å². The van der Waals surface area contributed by atoms with E-state index in [2.05, 4.69) is 0 Å². The topological polar surface area (TPSA) is 126 Å². The smallest absolute Gasteiger partial charge is 0.508 e. The first-order valence-electron chi connectivity index (χ1n) is 8.66. The Hall–Kier alpha value is -3.29. The molecule has 0 saturated heterocycles. The molecule has 0 aromatic heterocycles. The van der Waals surface area contributed by atoms with Crippen molar-refractivity contribution in [2.45, 2.75) is 45.0 Å². The van der Waals surface area contributed by atoms with Crippen LogP contribution >= 0.6 is 0 Å². The fourth-order valence-corrected chi connectivity index (χ4v) is 2.95. The Labute approximate surface area is 161 Å². The van der Waals surface area contributed by atoms with Crippen LogP contribution in [-0.4, -0.2) is 38.3 Å². The van der Waals surface area contributed by atoms with Crippen LogP contribution < -0.4 is 4.74 Å². The second-order valence-corrected chi connectivity index (χ2v) is 7.55. The quantitative estimate of drug-likeness (QED) is 0.453. The second-order valence-electron chi connectivity index (χ2n) is 7.55. The van der Waals surface area contributed by atoms with Gasteiger partial charge in [0.1, 0.15) is 22.8 Å². The molecule has 0 saturated carbocycles. The van der Waals surface area contributed by atoms with Gasteiger partial charge in [-0.05, 0) is 32.9 Å². The first-order chi connectivity index (χ1) is 13.0. The first kappa shape index (κ1) is 19.5. The maximum absolute atomic E-state index is 12.2. The Kier molecular flexibility index (Phi) is 4.89. The summed E-state index contributed by atoms with van der Waals surface area (Å²) in [6.45, 7) is 5.10. The van der Waals surface area contributed by atoms with Crippen LogP contribution in [0.2, 0.25) is 0 Å². The highest BCUT2D eigenvalue weighted by atomic mass is 16.7. The average molecular weight is 390 g/mol. The first-order valence-corrected chi connectivity index (χ1v) is 8.66. The van der Waals surface area contributed by atoms with E-state index in [1.807, 2.05) is 0 Å². The van der Waals surface area contributed by atoms with E-state index in [-0.39, 0.29) is 35.2 Å². The van der Waals surface area contributed by atoms with Gasteiger partial charge in [0.2, 0.25) is 0 Å². The van der Waals surface area contributed by atoms with Gasteiger partial charge in [-0.1, -0.05) is 6.07 Å². The number of fused-ring (bicyclic) bond motifs is 1. The Morgan fingerprint density at radius 3 is 2.39 bits per heavy atom. The van der Waals surface area contributed by atoms with Crippen molar-refractivity contribution in [2.75, 3.05) is 0 Å². The van der Waals surface area contributed by atoms with Crippen molar-refractivity contribution in [3.63, 3.8) is 0 Å². The summed E-state index contributed by atoms with van der Waals surface area (Å²) in [4.78, 5) is 12.2. The largest absolute Gasteiger partial charge is 0.509 e. The molecule has 2 unspecified atom stereocenters.